The Balaban J connectivity index is 2.59. The molecule has 0 radical (unpaired) electrons. The quantitative estimate of drug-likeness (QED) is 0.687. The number of hydrogen-bond acceptors (Lipinski definition) is 5. The largest absolute Gasteiger partial charge is 0.476 e. The summed E-state index contributed by atoms with van der Waals surface area (Å²) in [5.74, 6) is -1.60. The number of carboxylic acid groups (broad SMARTS) is 1. The van der Waals surface area contributed by atoms with Crippen molar-refractivity contribution in [2.45, 2.75) is 13.5 Å². The van der Waals surface area contributed by atoms with Gasteiger partial charge in [0.15, 0.2) is 12.3 Å². The molecule has 0 saturated carbocycles. The third kappa shape index (κ3) is 2.58. The SMILES string of the molecule is CC(=O)OCc1nc(C(=O)O)co1. The van der Waals surface area contributed by atoms with Crippen LogP contribution in [0.2, 0.25) is 0 Å². The van der Waals surface area contributed by atoms with Gasteiger partial charge in [0.2, 0.25) is 5.89 Å². The lowest BCUT2D eigenvalue weighted by molar-refractivity contribution is -0.142. The van der Waals surface area contributed by atoms with Crippen molar-refractivity contribution >= 4 is 11.9 Å². The predicted octanol–water partition coefficient (Wildman–Crippen LogP) is 0.436. The summed E-state index contributed by atoms with van der Waals surface area (Å²) in [5.41, 5.74) is -0.206. The Labute approximate surface area is 73.1 Å². The Kier molecular flexibility index (Phi) is 2.63. The molecule has 13 heavy (non-hydrogen) atoms. The molecular formula is C7H7NO5. The van der Waals surface area contributed by atoms with E-state index in [0.717, 1.165) is 6.26 Å². The minimum Gasteiger partial charge on any atom is -0.476 e. The van der Waals surface area contributed by atoms with Crippen LogP contribution in [-0.2, 0) is 16.1 Å². The van der Waals surface area contributed by atoms with Crippen LogP contribution in [0.25, 0.3) is 0 Å². The Morgan fingerprint density at radius 1 is 1.69 bits per heavy atom. The first-order valence-electron chi connectivity index (χ1n) is 3.40. The van der Waals surface area contributed by atoms with Crippen molar-refractivity contribution in [3.05, 3.63) is 17.8 Å². The summed E-state index contributed by atoms with van der Waals surface area (Å²) >= 11 is 0. The van der Waals surface area contributed by atoms with Gasteiger partial charge in [-0.05, 0) is 0 Å². The average Bonchev–Trinajstić information content (AvgIpc) is 2.48. The molecule has 6 heteroatoms. The van der Waals surface area contributed by atoms with Gasteiger partial charge in [-0.1, -0.05) is 0 Å². The fraction of sp³-hybridized carbons (Fsp3) is 0.286. The zero-order chi connectivity index (χ0) is 9.84. The minimum atomic E-state index is -1.18. The van der Waals surface area contributed by atoms with Crippen molar-refractivity contribution in [1.82, 2.24) is 4.98 Å². The van der Waals surface area contributed by atoms with Gasteiger partial charge in [0.25, 0.3) is 0 Å². The number of hydrogen-bond donors (Lipinski definition) is 1. The summed E-state index contributed by atoms with van der Waals surface area (Å²) in [4.78, 5) is 24.2. The van der Waals surface area contributed by atoms with Gasteiger partial charge in [-0.2, -0.15) is 0 Å². The molecule has 0 aliphatic rings. The van der Waals surface area contributed by atoms with Gasteiger partial charge in [0.1, 0.15) is 6.26 Å². The topological polar surface area (TPSA) is 89.6 Å². The molecule has 70 valence electrons. The Bertz CT molecular complexity index is 329. The second kappa shape index (κ2) is 3.70. The first kappa shape index (κ1) is 9.24. The molecule has 0 aliphatic heterocycles. The number of carbonyl (C=O) groups excluding carboxylic acids is 1. The van der Waals surface area contributed by atoms with Gasteiger partial charge < -0.3 is 14.3 Å². The molecule has 0 unspecified atom stereocenters. The Hall–Kier alpha value is -1.85. The second-order valence-corrected chi connectivity index (χ2v) is 2.21. The molecule has 0 aliphatic carbocycles. The molecule has 6 nitrogen and oxygen atoms in total. The first-order valence-corrected chi connectivity index (χ1v) is 3.40. The number of rotatable bonds is 3. The molecule has 0 amide bonds. The summed E-state index contributed by atoms with van der Waals surface area (Å²) in [7, 11) is 0. The molecule has 0 fully saturated rings. The molecule has 1 heterocycles. The number of carboxylic acids is 1. The van der Waals surface area contributed by atoms with Crippen molar-refractivity contribution in [2.24, 2.45) is 0 Å². The fourth-order valence-electron chi connectivity index (χ4n) is 0.639. The van der Waals surface area contributed by atoms with Gasteiger partial charge in [0, 0.05) is 6.92 Å². The maximum absolute atomic E-state index is 10.3. The van der Waals surface area contributed by atoms with Crippen LogP contribution >= 0.6 is 0 Å². The van der Waals surface area contributed by atoms with Crippen molar-refractivity contribution < 1.29 is 23.8 Å². The van der Waals surface area contributed by atoms with Gasteiger partial charge >= 0.3 is 11.9 Å². The van der Waals surface area contributed by atoms with Gasteiger partial charge in [-0.15, -0.1) is 0 Å². The highest BCUT2D eigenvalue weighted by Gasteiger charge is 2.10. The number of nitrogens with zero attached hydrogens (tertiary/aromatic N) is 1. The van der Waals surface area contributed by atoms with Crippen LogP contribution in [0.4, 0.5) is 0 Å². The Morgan fingerprint density at radius 2 is 2.38 bits per heavy atom. The van der Waals surface area contributed by atoms with E-state index in [9.17, 15) is 9.59 Å². The third-order valence-corrected chi connectivity index (χ3v) is 1.17. The minimum absolute atomic E-state index is 0.0626. The molecule has 1 aromatic heterocycles. The molecule has 1 N–H and O–H groups in total. The van der Waals surface area contributed by atoms with Gasteiger partial charge in [-0.3, -0.25) is 4.79 Å². The van der Waals surface area contributed by atoms with Crippen molar-refractivity contribution in [1.29, 1.82) is 0 Å². The molecule has 0 aromatic carbocycles. The number of aromatic carboxylic acids is 1. The summed E-state index contributed by atoms with van der Waals surface area (Å²) in [6, 6.07) is 0. The highest BCUT2D eigenvalue weighted by Crippen LogP contribution is 2.03. The van der Waals surface area contributed by atoms with E-state index < -0.39 is 11.9 Å². The van der Waals surface area contributed by atoms with E-state index in [0.29, 0.717) is 0 Å². The van der Waals surface area contributed by atoms with E-state index in [1.807, 2.05) is 0 Å². The molecule has 0 saturated heterocycles. The van der Waals surface area contributed by atoms with Crippen LogP contribution in [0.1, 0.15) is 23.3 Å². The van der Waals surface area contributed by atoms with Crippen molar-refractivity contribution in [2.75, 3.05) is 0 Å². The van der Waals surface area contributed by atoms with E-state index in [1.165, 1.54) is 6.92 Å². The Morgan fingerprint density at radius 3 is 2.85 bits per heavy atom. The monoisotopic (exact) mass is 185 g/mol. The van der Waals surface area contributed by atoms with Crippen LogP contribution in [0, 0.1) is 0 Å². The van der Waals surface area contributed by atoms with E-state index >= 15 is 0 Å². The lowest BCUT2D eigenvalue weighted by Gasteiger charge is -1.94. The molecule has 1 rings (SSSR count). The fourth-order valence-corrected chi connectivity index (χ4v) is 0.639. The molecule has 0 bridgehead atoms. The van der Waals surface area contributed by atoms with Gasteiger partial charge in [0.05, 0.1) is 0 Å². The molecule has 1 aromatic rings. The van der Waals surface area contributed by atoms with E-state index in [2.05, 4.69) is 9.72 Å². The lowest BCUT2D eigenvalue weighted by atomic mass is 10.5. The third-order valence-electron chi connectivity index (χ3n) is 1.17. The van der Waals surface area contributed by atoms with Crippen LogP contribution in [0.15, 0.2) is 10.7 Å². The zero-order valence-electron chi connectivity index (χ0n) is 6.81. The number of carbonyl (C=O) groups is 2. The number of aromatic nitrogens is 1. The summed E-state index contributed by atoms with van der Waals surface area (Å²) in [6.45, 7) is 1.09. The number of oxazole rings is 1. The van der Waals surface area contributed by atoms with Crippen molar-refractivity contribution in [3.8, 4) is 0 Å². The van der Waals surface area contributed by atoms with Crippen LogP contribution < -0.4 is 0 Å². The number of ether oxygens (including phenoxy) is 1. The second-order valence-electron chi connectivity index (χ2n) is 2.21. The van der Waals surface area contributed by atoms with Crippen LogP contribution in [0.5, 0.6) is 0 Å². The van der Waals surface area contributed by atoms with Crippen LogP contribution in [-0.4, -0.2) is 22.0 Å². The molecule has 0 spiro atoms. The normalized spacial score (nSPS) is 9.62. The van der Waals surface area contributed by atoms with Crippen molar-refractivity contribution in [3.63, 3.8) is 0 Å². The summed E-state index contributed by atoms with van der Waals surface area (Å²) in [6.07, 6.45) is 0.987. The smallest absolute Gasteiger partial charge is 0.357 e. The molecule has 0 atom stereocenters. The highest BCUT2D eigenvalue weighted by atomic mass is 16.5. The first-order chi connectivity index (χ1) is 6.09. The highest BCUT2D eigenvalue weighted by molar-refractivity contribution is 5.84. The summed E-state index contributed by atoms with van der Waals surface area (Å²) < 4.78 is 9.24. The van der Waals surface area contributed by atoms with Gasteiger partial charge in [-0.25, -0.2) is 9.78 Å². The summed E-state index contributed by atoms with van der Waals surface area (Å²) in [5, 5.41) is 8.45. The van der Waals surface area contributed by atoms with E-state index in [-0.39, 0.29) is 18.2 Å². The predicted molar refractivity (Wildman–Crippen MR) is 38.9 cm³/mol. The lowest BCUT2D eigenvalue weighted by Crippen LogP contribution is -2.00. The zero-order valence-corrected chi connectivity index (χ0v) is 6.81. The maximum Gasteiger partial charge on any atom is 0.357 e. The van der Waals surface area contributed by atoms with Crippen LogP contribution in [0.3, 0.4) is 0 Å². The maximum atomic E-state index is 10.3. The average molecular weight is 185 g/mol. The molecular weight excluding hydrogens is 178 g/mol. The van der Waals surface area contributed by atoms with E-state index in [1.54, 1.807) is 0 Å². The number of esters is 1. The van der Waals surface area contributed by atoms with E-state index in [4.69, 9.17) is 9.52 Å². The standard InChI is InChI=1S/C7H7NO5/c1-4(9)12-3-6-8-5(2-13-6)7(10)11/h2H,3H2,1H3,(H,10,11).